The lowest BCUT2D eigenvalue weighted by Gasteiger charge is -2.37. The molecule has 1 heterocycles. The molecule has 0 unspecified atom stereocenters. The van der Waals surface area contributed by atoms with Gasteiger partial charge in [-0.1, -0.05) is 12.1 Å². The summed E-state index contributed by atoms with van der Waals surface area (Å²) in [6, 6.07) is 12.7. The van der Waals surface area contributed by atoms with Crippen molar-refractivity contribution < 1.29 is 22.3 Å². The summed E-state index contributed by atoms with van der Waals surface area (Å²) in [7, 11) is -4.56. The highest BCUT2D eigenvalue weighted by atomic mass is 32.2. The maximum absolute atomic E-state index is 12.6. The molecule has 3 rings (SSSR count). The Morgan fingerprint density at radius 3 is 2.00 bits per heavy atom. The Hall–Kier alpha value is -2.35. The molecule has 0 spiro atoms. The molecule has 0 aliphatic carbocycles. The minimum atomic E-state index is -4.56. The van der Waals surface area contributed by atoms with Gasteiger partial charge < -0.3 is 14.9 Å². The number of hydrogen-bond acceptors (Lipinski definition) is 5. The molecule has 1 fully saturated rings. The zero-order valence-corrected chi connectivity index (χ0v) is 14.2. The second-order valence-corrected chi connectivity index (χ2v) is 7.68. The predicted octanol–water partition coefficient (Wildman–Crippen LogP) is 2.72. The fraction of sp³-hybridized carbons (Fsp3) is 0.294. The van der Waals surface area contributed by atoms with E-state index in [0.29, 0.717) is 26.2 Å². The molecule has 0 radical (unpaired) electrons. The molecular weight excluding hydrogens is 350 g/mol. The van der Waals surface area contributed by atoms with Crippen LogP contribution in [0.5, 0.6) is 5.75 Å². The molecule has 0 saturated carbocycles. The average molecular weight is 368 g/mol. The summed E-state index contributed by atoms with van der Waals surface area (Å²) in [5, 5.41) is 9.92. The zero-order valence-electron chi connectivity index (χ0n) is 13.3. The van der Waals surface area contributed by atoms with Gasteiger partial charge in [0.25, 0.3) is 0 Å². The molecule has 0 atom stereocenters. The summed E-state index contributed by atoms with van der Waals surface area (Å²) >= 11 is 0. The van der Waals surface area contributed by atoms with Gasteiger partial charge >= 0.3 is 5.76 Å². The van der Waals surface area contributed by atoms with Gasteiger partial charge in [-0.25, -0.2) is 8.42 Å². The maximum atomic E-state index is 12.6. The molecule has 0 amide bonds. The smallest absolute Gasteiger partial charge is 0.341 e. The van der Waals surface area contributed by atoms with Crippen molar-refractivity contribution in [1.29, 1.82) is 0 Å². The molecule has 5 nitrogen and oxygen atoms in total. The van der Waals surface area contributed by atoms with Crippen LogP contribution in [0.25, 0.3) is 0 Å². The average Bonchev–Trinajstić information content (AvgIpc) is 2.62. The number of benzene rings is 2. The molecule has 2 aromatic carbocycles. The number of phenolic OH excluding ortho intramolecular Hbond substituents is 1. The van der Waals surface area contributed by atoms with E-state index in [-0.39, 0.29) is 10.6 Å². The number of para-hydroxylation sites is 2. The van der Waals surface area contributed by atoms with E-state index in [4.69, 9.17) is 0 Å². The molecule has 1 saturated heterocycles. The number of piperazine rings is 1. The summed E-state index contributed by atoms with van der Waals surface area (Å²) in [6.07, 6.45) is 0. The van der Waals surface area contributed by atoms with E-state index in [0.717, 1.165) is 11.4 Å². The molecule has 134 valence electrons. The third-order valence-electron chi connectivity index (χ3n) is 4.27. The van der Waals surface area contributed by atoms with Crippen LogP contribution in [-0.4, -0.2) is 45.5 Å². The third kappa shape index (κ3) is 3.53. The maximum Gasteiger partial charge on any atom is 0.341 e. The normalized spacial score (nSPS) is 15.6. The third-order valence-corrected chi connectivity index (χ3v) is 5.67. The second-order valence-electron chi connectivity index (χ2n) is 5.76. The van der Waals surface area contributed by atoms with E-state index >= 15 is 0 Å². The Morgan fingerprint density at radius 2 is 1.44 bits per heavy atom. The van der Waals surface area contributed by atoms with Crippen LogP contribution in [0.1, 0.15) is 0 Å². The number of aromatic hydroxyl groups is 1. The van der Waals surface area contributed by atoms with Crippen LogP contribution >= 0.6 is 0 Å². The van der Waals surface area contributed by atoms with Crippen LogP contribution in [0.4, 0.5) is 20.2 Å². The molecular formula is C17H18F2N2O3S. The van der Waals surface area contributed by atoms with Crippen molar-refractivity contribution in [2.24, 2.45) is 0 Å². The number of anilines is 2. The van der Waals surface area contributed by atoms with Gasteiger partial charge in [0.2, 0.25) is 9.84 Å². The molecule has 0 aromatic heterocycles. The number of nitrogens with zero attached hydrogens (tertiary/aromatic N) is 2. The van der Waals surface area contributed by atoms with Gasteiger partial charge in [0, 0.05) is 31.9 Å². The Balaban J connectivity index is 1.68. The van der Waals surface area contributed by atoms with Gasteiger partial charge in [0.05, 0.1) is 10.6 Å². The first-order valence-corrected chi connectivity index (χ1v) is 9.34. The number of alkyl halides is 2. The zero-order chi connectivity index (χ0) is 18.0. The van der Waals surface area contributed by atoms with E-state index in [1.54, 1.807) is 24.3 Å². The Bertz CT molecular complexity index is 833. The van der Waals surface area contributed by atoms with Crippen molar-refractivity contribution in [2.75, 3.05) is 36.0 Å². The van der Waals surface area contributed by atoms with Gasteiger partial charge in [0.15, 0.2) is 0 Å². The quantitative estimate of drug-likeness (QED) is 0.899. The highest BCUT2D eigenvalue weighted by Gasteiger charge is 2.27. The Kier molecular flexibility index (Phi) is 4.80. The van der Waals surface area contributed by atoms with E-state index in [1.807, 2.05) is 12.1 Å². The topological polar surface area (TPSA) is 60.9 Å². The van der Waals surface area contributed by atoms with Crippen molar-refractivity contribution in [2.45, 2.75) is 10.7 Å². The number of phenols is 1. The van der Waals surface area contributed by atoms with Crippen molar-refractivity contribution >= 4 is 21.2 Å². The largest absolute Gasteiger partial charge is 0.506 e. The van der Waals surface area contributed by atoms with Gasteiger partial charge in [-0.05, 0) is 36.4 Å². The Labute approximate surface area is 145 Å². The van der Waals surface area contributed by atoms with Crippen molar-refractivity contribution in [3.63, 3.8) is 0 Å². The number of halogens is 2. The van der Waals surface area contributed by atoms with Gasteiger partial charge in [-0.3, -0.25) is 0 Å². The lowest BCUT2D eigenvalue weighted by molar-refractivity contribution is 0.234. The first-order chi connectivity index (χ1) is 11.9. The van der Waals surface area contributed by atoms with Gasteiger partial charge in [-0.15, -0.1) is 0 Å². The van der Waals surface area contributed by atoms with Crippen LogP contribution < -0.4 is 9.80 Å². The van der Waals surface area contributed by atoms with E-state index in [1.165, 1.54) is 12.1 Å². The summed E-state index contributed by atoms with van der Waals surface area (Å²) in [5.74, 6) is -3.18. The highest BCUT2D eigenvalue weighted by Crippen LogP contribution is 2.28. The molecule has 2 aromatic rings. The SMILES string of the molecule is O=S(=O)(c1ccc(N2CCN(c3ccccc3O)CC2)cc1)C(F)F. The van der Waals surface area contributed by atoms with E-state index in [2.05, 4.69) is 9.80 Å². The highest BCUT2D eigenvalue weighted by molar-refractivity contribution is 7.91. The second kappa shape index (κ2) is 6.87. The lowest BCUT2D eigenvalue weighted by Crippen LogP contribution is -2.46. The van der Waals surface area contributed by atoms with Crippen LogP contribution in [0, 0.1) is 0 Å². The molecule has 1 aliphatic heterocycles. The van der Waals surface area contributed by atoms with Gasteiger partial charge in [-0.2, -0.15) is 8.78 Å². The van der Waals surface area contributed by atoms with Gasteiger partial charge in [0.1, 0.15) is 5.75 Å². The Morgan fingerprint density at radius 1 is 0.880 bits per heavy atom. The fourth-order valence-electron chi connectivity index (χ4n) is 2.89. The lowest BCUT2D eigenvalue weighted by atomic mass is 10.2. The van der Waals surface area contributed by atoms with E-state index < -0.39 is 15.6 Å². The van der Waals surface area contributed by atoms with Crippen LogP contribution in [-0.2, 0) is 9.84 Å². The fourth-order valence-corrected chi connectivity index (χ4v) is 3.61. The monoisotopic (exact) mass is 368 g/mol. The standard InChI is InChI=1S/C17H18F2N2O3S/c18-17(19)25(23,24)14-7-5-13(6-8-14)20-9-11-21(12-10-20)15-3-1-2-4-16(15)22/h1-8,17,22H,9-12H2. The van der Waals surface area contributed by atoms with Crippen LogP contribution in [0.15, 0.2) is 53.4 Å². The summed E-state index contributed by atoms with van der Waals surface area (Å²) in [4.78, 5) is 3.75. The minimum absolute atomic E-state index is 0.234. The van der Waals surface area contributed by atoms with Crippen molar-refractivity contribution in [3.8, 4) is 5.75 Å². The van der Waals surface area contributed by atoms with Crippen molar-refractivity contribution in [1.82, 2.24) is 0 Å². The number of hydrogen-bond donors (Lipinski definition) is 1. The molecule has 1 aliphatic rings. The summed E-state index contributed by atoms with van der Waals surface area (Å²) in [6.45, 7) is 2.73. The first kappa shape index (κ1) is 17.5. The van der Waals surface area contributed by atoms with Crippen molar-refractivity contribution in [3.05, 3.63) is 48.5 Å². The molecule has 1 N–H and O–H groups in total. The number of rotatable bonds is 4. The molecule has 0 bridgehead atoms. The predicted molar refractivity (Wildman–Crippen MR) is 92.2 cm³/mol. The molecule has 8 heteroatoms. The minimum Gasteiger partial charge on any atom is -0.506 e. The summed E-state index contributed by atoms with van der Waals surface area (Å²) < 4.78 is 48.0. The van der Waals surface area contributed by atoms with E-state index in [9.17, 15) is 22.3 Å². The van der Waals surface area contributed by atoms with Crippen LogP contribution in [0.3, 0.4) is 0 Å². The van der Waals surface area contributed by atoms with Crippen LogP contribution in [0.2, 0.25) is 0 Å². The molecule has 25 heavy (non-hydrogen) atoms. The summed E-state index contributed by atoms with van der Waals surface area (Å²) in [5.41, 5.74) is 1.56. The first-order valence-electron chi connectivity index (χ1n) is 7.79. The number of sulfone groups is 1.